The number of piperidine rings is 1. The summed E-state index contributed by atoms with van der Waals surface area (Å²) in [4.78, 5) is 9.10. The molecule has 0 bridgehead atoms. The van der Waals surface area contributed by atoms with Crippen molar-refractivity contribution in [2.75, 3.05) is 33.7 Å². The van der Waals surface area contributed by atoms with Crippen LogP contribution in [0.15, 0.2) is 29.3 Å². The first-order valence-electron chi connectivity index (χ1n) is 8.42. The van der Waals surface area contributed by atoms with Gasteiger partial charge in [0.1, 0.15) is 0 Å². The van der Waals surface area contributed by atoms with Crippen molar-refractivity contribution in [1.29, 1.82) is 0 Å². The number of aryl methyl sites for hydroxylation is 1. The smallest absolute Gasteiger partial charge is 0.191 e. The van der Waals surface area contributed by atoms with E-state index in [4.69, 9.17) is 5.73 Å². The molecule has 4 nitrogen and oxygen atoms in total. The van der Waals surface area contributed by atoms with E-state index in [1.165, 1.54) is 30.4 Å². The van der Waals surface area contributed by atoms with Crippen molar-refractivity contribution in [2.24, 2.45) is 10.7 Å². The molecule has 1 fully saturated rings. The number of nitrogens with two attached hydrogens (primary N) is 1. The number of likely N-dealkylation sites (N-methyl/N-ethyl adjacent to an activating group) is 1. The summed E-state index contributed by atoms with van der Waals surface area (Å²) in [5.41, 5.74) is 8.85. The van der Waals surface area contributed by atoms with Crippen molar-refractivity contribution >= 4 is 29.9 Å². The maximum atomic E-state index is 6.18. The molecule has 0 aliphatic carbocycles. The van der Waals surface area contributed by atoms with Gasteiger partial charge in [-0.15, -0.1) is 24.0 Å². The zero-order valence-corrected chi connectivity index (χ0v) is 17.0. The van der Waals surface area contributed by atoms with Gasteiger partial charge in [-0.1, -0.05) is 31.2 Å². The topological polar surface area (TPSA) is 44.9 Å². The third-order valence-electron chi connectivity index (χ3n) is 4.50. The summed E-state index contributed by atoms with van der Waals surface area (Å²) < 4.78 is 0. The Balaban J connectivity index is 0.00000264. The monoisotopic (exact) mass is 430 g/mol. The van der Waals surface area contributed by atoms with E-state index in [9.17, 15) is 0 Å². The van der Waals surface area contributed by atoms with Crippen LogP contribution < -0.4 is 5.73 Å². The van der Waals surface area contributed by atoms with Crippen LogP contribution in [0.4, 0.5) is 0 Å². The fourth-order valence-electron chi connectivity index (χ4n) is 2.95. The second-order valence-electron chi connectivity index (χ2n) is 6.32. The third-order valence-corrected chi connectivity index (χ3v) is 4.50. The highest BCUT2D eigenvalue weighted by Crippen LogP contribution is 2.20. The lowest BCUT2D eigenvalue weighted by molar-refractivity contribution is 0.302. The van der Waals surface area contributed by atoms with Crippen molar-refractivity contribution in [3.63, 3.8) is 0 Å². The maximum absolute atomic E-state index is 6.18. The Morgan fingerprint density at radius 1 is 1.17 bits per heavy atom. The predicted molar refractivity (Wildman–Crippen MR) is 110 cm³/mol. The summed E-state index contributed by atoms with van der Waals surface area (Å²) in [6, 6.07) is 9.13. The molecule has 5 heteroatoms. The quantitative estimate of drug-likeness (QED) is 0.443. The molecular formula is C18H31IN4. The molecule has 1 heterocycles. The van der Waals surface area contributed by atoms with Gasteiger partial charge in [-0.2, -0.15) is 0 Å². The van der Waals surface area contributed by atoms with Crippen molar-refractivity contribution in [2.45, 2.75) is 38.6 Å². The van der Waals surface area contributed by atoms with Gasteiger partial charge < -0.3 is 15.5 Å². The van der Waals surface area contributed by atoms with E-state index in [2.05, 4.69) is 60.1 Å². The minimum atomic E-state index is 0. The van der Waals surface area contributed by atoms with E-state index < -0.39 is 0 Å². The second-order valence-corrected chi connectivity index (χ2v) is 6.32. The summed E-state index contributed by atoms with van der Waals surface area (Å²) in [6.45, 7) is 4.99. The fourth-order valence-corrected chi connectivity index (χ4v) is 2.95. The van der Waals surface area contributed by atoms with Crippen LogP contribution in [-0.2, 0) is 6.42 Å². The minimum absolute atomic E-state index is 0. The first-order valence-corrected chi connectivity index (χ1v) is 8.42. The number of aliphatic imine (C=N–C) groups is 1. The lowest BCUT2D eigenvalue weighted by Gasteiger charge is -2.29. The number of halogens is 1. The SMILES string of the molecule is CCc1ccc(C(CN=C(N)N2CCCCC2)N(C)C)cc1.I. The molecule has 2 rings (SSSR count). The van der Waals surface area contributed by atoms with Gasteiger partial charge in [-0.25, -0.2) is 0 Å². The van der Waals surface area contributed by atoms with Crippen LogP contribution in [0.25, 0.3) is 0 Å². The molecule has 0 saturated carbocycles. The molecular weight excluding hydrogens is 399 g/mol. The number of likely N-dealkylation sites (tertiary alicyclic amines) is 1. The Morgan fingerprint density at radius 2 is 1.78 bits per heavy atom. The molecule has 130 valence electrons. The van der Waals surface area contributed by atoms with Crippen LogP contribution in [0.3, 0.4) is 0 Å². The Kier molecular flexibility index (Phi) is 8.91. The van der Waals surface area contributed by atoms with Gasteiger partial charge in [-0.3, -0.25) is 4.99 Å². The van der Waals surface area contributed by atoms with Crippen LogP contribution in [-0.4, -0.2) is 49.5 Å². The summed E-state index contributed by atoms with van der Waals surface area (Å²) >= 11 is 0. The molecule has 1 aromatic carbocycles. The Bertz CT molecular complexity index is 478. The molecule has 0 radical (unpaired) electrons. The standard InChI is InChI=1S/C18H30N4.HI/c1-4-15-8-10-16(11-9-15)17(21(2)3)14-20-18(19)22-12-6-5-7-13-22;/h8-11,17H,4-7,12-14H2,1-3H3,(H2,19,20);1H. The van der Waals surface area contributed by atoms with Gasteiger partial charge in [0.15, 0.2) is 5.96 Å². The third kappa shape index (κ3) is 5.95. The molecule has 1 aliphatic heterocycles. The van der Waals surface area contributed by atoms with Crippen molar-refractivity contribution in [3.05, 3.63) is 35.4 Å². The van der Waals surface area contributed by atoms with Gasteiger partial charge in [0.05, 0.1) is 12.6 Å². The zero-order chi connectivity index (χ0) is 15.9. The van der Waals surface area contributed by atoms with Crippen LogP contribution in [0, 0.1) is 0 Å². The van der Waals surface area contributed by atoms with Crippen LogP contribution >= 0.6 is 24.0 Å². The number of hydrogen-bond acceptors (Lipinski definition) is 2. The zero-order valence-electron chi connectivity index (χ0n) is 14.7. The predicted octanol–water partition coefficient (Wildman–Crippen LogP) is 3.27. The Morgan fingerprint density at radius 3 is 2.30 bits per heavy atom. The Labute approximate surface area is 158 Å². The lowest BCUT2D eigenvalue weighted by Crippen LogP contribution is -2.41. The fraction of sp³-hybridized carbons (Fsp3) is 0.611. The van der Waals surface area contributed by atoms with E-state index in [0.29, 0.717) is 12.5 Å². The first kappa shape index (κ1) is 20.2. The summed E-state index contributed by atoms with van der Waals surface area (Å²) in [5, 5.41) is 0. The van der Waals surface area contributed by atoms with Crippen molar-refractivity contribution in [3.8, 4) is 0 Å². The average Bonchev–Trinajstić information content (AvgIpc) is 2.56. The largest absolute Gasteiger partial charge is 0.370 e. The highest BCUT2D eigenvalue weighted by atomic mass is 127. The van der Waals surface area contributed by atoms with E-state index in [-0.39, 0.29) is 30.0 Å². The van der Waals surface area contributed by atoms with Gasteiger partial charge in [0, 0.05) is 13.1 Å². The maximum Gasteiger partial charge on any atom is 0.191 e. The van der Waals surface area contributed by atoms with Crippen LogP contribution in [0.2, 0.25) is 0 Å². The number of rotatable bonds is 5. The van der Waals surface area contributed by atoms with Gasteiger partial charge in [0.2, 0.25) is 0 Å². The molecule has 0 spiro atoms. The highest BCUT2D eigenvalue weighted by molar-refractivity contribution is 14.0. The van der Waals surface area contributed by atoms with E-state index in [1.54, 1.807) is 0 Å². The van der Waals surface area contributed by atoms with Crippen LogP contribution in [0.1, 0.15) is 43.4 Å². The molecule has 1 aromatic rings. The number of hydrogen-bond donors (Lipinski definition) is 1. The van der Waals surface area contributed by atoms with Gasteiger partial charge >= 0.3 is 0 Å². The van der Waals surface area contributed by atoms with Gasteiger partial charge in [-0.05, 0) is 50.9 Å². The van der Waals surface area contributed by atoms with E-state index in [0.717, 1.165) is 19.5 Å². The lowest BCUT2D eigenvalue weighted by atomic mass is 10.0. The molecule has 1 atom stereocenters. The summed E-state index contributed by atoms with van der Waals surface area (Å²) in [7, 11) is 4.20. The van der Waals surface area contributed by atoms with E-state index in [1.807, 2.05) is 0 Å². The normalized spacial score (nSPS) is 17.0. The van der Waals surface area contributed by atoms with Crippen LogP contribution in [0.5, 0.6) is 0 Å². The molecule has 2 N–H and O–H groups in total. The number of guanidine groups is 1. The molecule has 0 amide bonds. The molecule has 23 heavy (non-hydrogen) atoms. The molecule has 0 aromatic heterocycles. The Hall–Kier alpha value is -0.820. The van der Waals surface area contributed by atoms with E-state index >= 15 is 0 Å². The minimum Gasteiger partial charge on any atom is -0.370 e. The number of benzene rings is 1. The summed E-state index contributed by atoms with van der Waals surface area (Å²) in [6.07, 6.45) is 4.85. The van der Waals surface area contributed by atoms with Crippen molar-refractivity contribution in [1.82, 2.24) is 9.80 Å². The molecule has 1 saturated heterocycles. The summed E-state index contributed by atoms with van der Waals surface area (Å²) in [5.74, 6) is 0.705. The highest BCUT2D eigenvalue weighted by Gasteiger charge is 2.16. The second kappa shape index (κ2) is 10.1. The molecule has 1 aliphatic rings. The van der Waals surface area contributed by atoms with Gasteiger partial charge in [0.25, 0.3) is 0 Å². The first-order chi connectivity index (χ1) is 10.6. The average molecular weight is 430 g/mol. The van der Waals surface area contributed by atoms with Crippen molar-refractivity contribution < 1.29 is 0 Å². The molecule has 1 unspecified atom stereocenters. The number of nitrogens with zero attached hydrogens (tertiary/aromatic N) is 3.